The number of benzene rings is 4. The summed E-state index contributed by atoms with van der Waals surface area (Å²) in [4.78, 5) is 27.8. The Morgan fingerprint density at radius 2 is 1.50 bits per heavy atom. The van der Waals surface area contributed by atoms with Gasteiger partial charge in [0.1, 0.15) is 0 Å². The number of anilines is 1. The highest BCUT2D eigenvalue weighted by atomic mass is 16.5. The molecule has 4 aromatic rings. The Balaban J connectivity index is 1.45. The molecule has 1 amide bonds. The lowest BCUT2D eigenvalue weighted by Crippen LogP contribution is -2.38. The maximum atomic E-state index is 13.1. The van der Waals surface area contributed by atoms with Gasteiger partial charge in [0.25, 0.3) is 5.91 Å². The lowest BCUT2D eigenvalue weighted by Gasteiger charge is -2.22. The smallest absolute Gasteiger partial charge is 0.339 e. The van der Waals surface area contributed by atoms with E-state index in [1.165, 1.54) is 0 Å². The van der Waals surface area contributed by atoms with Crippen molar-refractivity contribution >= 4 is 39.1 Å². The number of nitrogens with zero attached hydrogens (tertiary/aromatic N) is 1. The van der Waals surface area contributed by atoms with Crippen molar-refractivity contribution in [1.82, 2.24) is 0 Å². The SMILES string of the molecule is CC1Cc2ccccc2N1C(=O)COC(=O)c1c2ccccc2cc2ccccc12. The van der Waals surface area contributed by atoms with Crippen molar-refractivity contribution in [3.05, 3.63) is 90.0 Å². The van der Waals surface area contributed by atoms with Crippen LogP contribution in [-0.4, -0.2) is 24.5 Å². The Morgan fingerprint density at radius 1 is 0.900 bits per heavy atom. The summed E-state index contributed by atoms with van der Waals surface area (Å²) >= 11 is 0. The minimum atomic E-state index is -0.475. The molecule has 4 aromatic carbocycles. The van der Waals surface area contributed by atoms with Crippen LogP contribution in [0, 0.1) is 0 Å². The molecule has 5 rings (SSSR count). The molecule has 0 saturated heterocycles. The zero-order valence-electron chi connectivity index (χ0n) is 16.7. The van der Waals surface area contributed by atoms with Crippen molar-refractivity contribution in [3.63, 3.8) is 0 Å². The fraction of sp³-hybridized carbons (Fsp3) is 0.154. The first-order valence-electron chi connectivity index (χ1n) is 10.1. The molecule has 1 aliphatic heterocycles. The topological polar surface area (TPSA) is 46.6 Å². The molecule has 0 N–H and O–H groups in total. The summed E-state index contributed by atoms with van der Waals surface area (Å²) < 4.78 is 5.55. The van der Waals surface area contributed by atoms with E-state index < -0.39 is 5.97 Å². The number of carbonyl (C=O) groups excluding carboxylic acids is 2. The van der Waals surface area contributed by atoms with E-state index in [-0.39, 0.29) is 18.6 Å². The number of esters is 1. The van der Waals surface area contributed by atoms with Gasteiger partial charge in [0, 0.05) is 11.7 Å². The van der Waals surface area contributed by atoms with Crippen LogP contribution in [-0.2, 0) is 16.0 Å². The van der Waals surface area contributed by atoms with E-state index in [0.717, 1.165) is 39.2 Å². The molecule has 148 valence electrons. The van der Waals surface area contributed by atoms with Gasteiger partial charge in [0.2, 0.25) is 0 Å². The van der Waals surface area contributed by atoms with Crippen LogP contribution in [0.25, 0.3) is 21.5 Å². The zero-order valence-corrected chi connectivity index (χ0v) is 16.7. The van der Waals surface area contributed by atoms with Crippen molar-refractivity contribution in [2.24, 2.45) is 0 Å². The second-order valence-electron chi connectivity index (χ2n) is 7.72. The van der Waals surface area contributed by atoms with Crippen LogP contribution < -0.4 is 4.90 Å². The van der Waals surface area contributed by atoms with Crippen LogP contribution in [0.1, 0.15) is 22.8 Å². The Bertz CT molecular complexity index is 1240. The highest BCUT2D eigenvalue weighted by Crippen LogP contribution is 2.32. The van der Waals surface area contributed by atoms with Crippen LogP contribution >= 0.6 is 0 Å². The van der Waals surface area contributed by atoms with Crippen molar-refractivity contribution in [3.8, 4) is 0 Å². The molecule has 30 heavy (non-hydrogen) atoms. The molecule has 0 radical (unpaired) electrons. The van der Waals surface area contributed by atoms with Crippen molar-refractivity contribution < 1.29 is 14.3 Å². The number of para-hydroxylation sites is 1. The summed E-state index contributed by atoms with van der Waals surface area (Å²) in [7, 11) is 0. The van der Waals surface area contributed by atoms with Crippen LogP contribution in [0.2, 0.25) is 0 Å². The molecule has 0 fully saturated rings. The number of amides is 1. The fourth-order valence-electron chi connectivity index (χ4n) is 4.45. The molecular weight excluding hydrogens is 374 g/mol. The Kier molecular flexibility index (Phi) is 4.47. The van der Waals surface area contributed by atoms with Gasteiger partial charge in [-0.15, -0.1) is 0 Å². The predicted molar refractivity (Wildman–Crippen MR) is 119 cm³/mol. The Labute approximate surface area is 174 Å². The van der Waals surface area contributed by atoms with E-state index in [4.69, 9.17) is 4.74 Å². The molecule has 0 saturated carbocycles. The summed E-state index contributed by atoms with van der Waals surface area (Å²) in [5.74, 6) is -0.679. The molecule has 1 atom stereocenters. The van der Waals surface area contributed by atoms with Crippen LogP contribution in [0.4, 0.5) is 5.69 Å². The highest BCUT2D eigenvalue weighted by molar-refractivity contribution is 6.16. The minimum absolute atomic E-state index is 0.0481. The van der Waals surface area contributed by atoms with E-state index >= 15 is 0 Å². The maximum absolute atomic E-state index is 13.1. The van der Waals surface area contributed by atoms with Crippen LogP contribution in [0.5, 0.6) is 0 Å². The second kappa shape index (κ2) is 7.30. The third kappa shape index (κ3) is 3.01. The maximum Gasteiger partial charge on any atom is 0.339 e. The van der Waals surface area contributed by atoms with E-state index in [0.29, 0.717) is 5.56 Å². The van der Waals surface area contributed by atoms with Gasteiger partial charge in [0.15, 0.2) is 6.61 Å². The van der Waals surface area contributed by atoms with Gasteiger partial charge in [-0.2, -0.15) is 0 Å². The molecule has 1 aliphatic rings. The van der Waals surface area contributed by atoms with Crippen molar-refractivity contribution in [1.29, 1.82) is 0 Å². The Hall–Kier alpha value is -3.66. The first-order chi connectivity index (χ1) is 14.6. The fourth-order valence-corrected chi connectivity index (χ4v) is 4.45. The third-order valence-corrected chi connectivity index (χ3v) is 5.78. The Morgan fingerprint density at radius 3 is 2.20 bits per heavy atom. The largest absolute Gasteiger partial charge is 0.452 e. The van der Waals surface area contributed by atoms with Gasteiger partial charge >= 0.3 is 5.97 Å². The average molecular weight is 395 g/mol. The quantitative estimate of drug-likeness (QED) is 0.357. The normalized spacial score (nSPS) is 15.4. The number of carbonyl (C=O) groups is 2. The number of ether oxygens (including phenoxy) is 1. The summed E-state index contributed by atoms with van der Waals surface area (Å²) in [6.07, 6.45) is 0.809. The highest BCUT2D eigenvalue weighted by Gasteiger charge is 2.31. The number of rotatable bonds is 3. The van der Waals surface area contributed by atoms with E-state index in [1.54, 1.807) is 4.90 Å². The molecule has 4 heteroatoms. The number of fused-ring (bicyclic) bond motifs is 3. The molecular formula is C26H21NO3. The minimum Gasteiger partial charge on any atom is -0.452 e. The second-order valence-corrected chi connectivity index (χ2v) is 7.72. The van der Waals surface area contributed by atoms with E-state index in [9.17, 15) is 9.59 Å². The van der Waals surface area contributed by atoms with Crippen molar-refractivity contribution in [2.45, 2.75) is 19.4 Å². The van der Waals surface area contributed by atoms with Gasteiger partial charge in [-0.1, -0.05) is 66.7 Å². The monoisotopic (exact) mass is 395 g/mol. The molecule has 0 bridgehead atoms. The number of hydrogen-bond acceptors (Lipinski definition) is 3. The van der Waals surface area contributed by atoms with Crippen LogP contribution in [0.3, 0.4) is 0 Å². The van der Waals surface area contributed by atoms with Gasteiger partial charge < -0.3 is 9.64 Å². The van der Waals surface area contributed by atoms with Crippen molar-refractivity contribution in [2.75, 3.05) is 11.5 Å². The number of hydrogen-bond donors (Lipinski definition) is 0. The average Bonchev–Trinajstić information content (AvgIpc) is 3.11. The summed E-state index contributed by atoms with van der Waals surface area (Å²) in [6.45, 7) is 1.73. The van der Waals surface area contributed by atoms with Crippen LogP contribution in [0.15, 0.2) is 78.9 Å². The molecule has 4 nitrogen and oxygen atoms in total. The lowest BCUT2D eigenvalue weighted by atomic mass is 9.97. The lowest BCUT2D eigenvalue weighted by molar-refractivity contribution is -0.122. The first kappa shape index (κ1) is 18.4. The molecule has 0 aliphatic carbocycles. The van der Waals surface area contributed by atoms with E-state index in [1.807, 2.05) is 79.7 Å². The molecule has 0 aromatic heterocycles. The zero-order chi connectivity index (χ0) is 20.7. The van der Waals surface area contributed by atoms with Gasteiger partial charge in [0.05, 0.1) is 5.56 Å². The molecule has 1 heterocycles. The van der Waals surface area contributed by atoms with E-state index in [2.05, 4.69) is 6.07 Å². The molecule has 1 unspecified atom stereocenters. The molecule has 0 spiro atoms. The predicted octanol–water partition coefficient (Wildman–Crippen LogP) is 5.13. The van der Waals surface area contributed by atoms with Gasteiger partial charge in [-0.05, 0) is 52.6 Å². The standard InChI is InChI=1S/C26H21NO3/c1-17-14-20-10-4-7-13-23(20)27(17)24(28)16-30-26(29)25-21-11-5-2-8-18(21)15-19-9-3-6-12-22(19)25/h2-13,15,17H,14,16H2,1H3. The summed E-state index contributed by atoms with van der Waals surface area (Å²) in [6, 6.07) is 25.5. The van der Waals surface area contributed by atoms with Gasteiger partial charge in [-0.25, -0.2) is 4.79 Å². The first-order valence-corrected chi connectivity index (χ1v) is 10.1. The summed E-state index contributed by atoms with van der Waals surface area (Å²) in [5.41, 5.74) is 2.55. The van der Waals surface area contributed by atoms with Gasteiger partial charge in [-0.3, -0.25) is 4.79 Å². The summed E-state index contributed by atoms with van der Waals surface area (Å²) in [5, 5.41) is 3.59. The third-order valence-electron chi connectivity index (χ3n) is 5.78.